The summed E-state index contributed by atoms with van der Waals surface area (Å²) in [6.45, 7) is 0. The summed E-state index contributed by atoms with van der Waals surface area (Å²) < 4.78 is 30.9. The predicted molar refractivity (Wildman–Crippen MR) is 79.8 cm³/mol. The minimum absolute atomic E-state index is 0.202. The van der Waals surface area contributed by atoms with Crippen molar-refractivity contribution in [3.8, 4) is 0 Å². The van der Waals surface area contributed by atoms with E-state index in [4.69, 9.17) is 10.2 Å². The number of aromatic nitrogens is 1. The Balaban J connectivity index is 2.01. The zero-order chi connectivity index (χ0) is 15.2. The Kier molecular flexibility index (Phi) is 3.41. The molecule has 0 aliphatic carbocycles. The maximum Gasteiger partial charge on any atom is 0.419 e. The first-order valence-electron chi connectivity index (χ1n) is 6.97. The van der Waals surface area contributed by atoms with Gasteiger partial charge in [-0.3, -0.25) is 4.57 Å². The number of fused-ring (bicyclic) bond motifs is 1. The number of hydrogen-bond donors (Lipinski definition) is 1. The average Bonchev–Trinajstić information content (AvgIpc) is 2.72. The Hall–Kier alpha value is -1.60. The lowest BCUT2D eigenvalue weighted by atomic mass is 10.00. The molecule has 0 saturated carbocycles. The molecule has 21 heavy (non-hydrogen) atoms. The highest BCUT2D eigenvalue weighted by molar-refractivity contribution is 7.92. The molecule has 2 atom stereocenters. The van der Waals surface area contributed by atoms with Gasteiger partial charge in [-0.1, -0.05) is 12.5 Å². The molecule has 0 amide bonds. The number of oxazole rings is 1. The maximum atomic E-state index is 12.2. The molecule has 3 rings (SSSR count). The number of aryl methyl sites for hydroxylation is 1. The van der Waals surface area contributed by atoms with Crippen LogP contribution >= 0.6 is 0 Å². The van der Waals surface area contributed by atoms with Gasteiger partial charge in [0.25, 0.3) is 0 Å². The largest absolute Gasteiger partial charge is 0.419 e. The first-order valence-corrected chi connectivity index (χ1v) is 8.68. The van der Waals surface area contributed by atoms with Crippen molar-refractivity contribution >= 4 is 20.9 Å². The van der Waals surface area contributed by atoms with E-state index in [0.29, 0.717) is 29.5 Å². The highest BCUT2D eigenvalue weighted by Gasteiger charge is 2.34. The SMILES string of the molecule is Cn1c(=O)oc2cc(C(N)C3CCCCS3(=O)=O)ccc21. The van der Waals surface area contributed by atoms with Gasteiger partial charge < -0.3 is 10.2 Å². The lowest BCUT2D eigenvalue weighted by Gasteiger charge is -2.27. The average molecular weight is 310 g/mol. The topological polar surface area (TPSA) is 95.3 Å². The van der Waals surface area contributed by atoms with E-state index in [-0.39, 0.29) is 5.75 Å². The van der Waals surface area contributed by atoms with E-state index in [1.165, 1.54) is 4.57 Å². The molecular weight excluding hydrogens is 292 g/mol. The summed E-state index contributed by atoms with van der Waals surface area (Å²) in [5.74, 6) is -0.241. The second kappa shape index (κ2) is 4.99. The summed E-state index contributed by atoms with van der Waals surface area (Å²) in [7, 11) is -1.53. The van der Waals surface area contributed by atoms with Crippen molar-refractivity contribution in [3.05, 3.63) is 34.3 Å². The fraction of sp³-hybridized carbons (Fsp3) is 0.500. The summed E-state index contributed by atoms with van der Waals surface area (Å²) in [4.78, 5) is 11.5. The molecule has 7 heteroatoms. The van der Waals surface area contributed by atoms with Crippen molar-refractivity contribution in [1.82, 2.24) is 4.57 Å². The van der Waals surface area contributed by atoms with Gasteiger partial charge in [0.1, 0.15) is 0 Å². The first kappa shape index (κ1) is 14.3. The highest BCUT2D eigenvalue weighted by atomic mass is 32.2. The van der Waals surface area contributed by atoms with Crippen molar-refractivity contribution in [1.29, 1.82) is 0 Å². The van der Waals surface area contributed by atoms with Gasteiger partial charge in [-0.05, 0) is 30.5 Å². The molecule has 1 aromatic carbocycles. The Bertz CT molecular complexity index is 834. The van der Waals surface area contributed by atoms with Crippen molar-refractivity contribution in [2.75, 3.05) is 5.75 Å². The van der Waals surface area contributed by atoms with E-state index in [0.717, 1.165) is 6.42 Å². The lowest BCUT2D eigenvalue weighted by Crippen LogP contribution is -2.37. The Labute approximate surface area is 122 Å². The van der Waals surface area contributed by atoms with Crippen LogP contribution in [-0.4, -0.2) is 24.0 Å². The monoisotopic (exact) mass is 310 g/mol. The van der Waals surface area contributed by atoms with Gasteiger partial charge in [0, 0.05) is 13.1 Å². The Morgan fingerprint density at radius 2 is 2.14 bits per heavy atom. The van der Waals surface area contributed by atoms with E-state index in [1.54, 1.807) is 25.2 Å². The van der Waals surface area contributed by atoms with Crippen LogP contribution in [0.5, 0.6) is 0 Å². The molecule has 2 heterocycles. The first-order chi connectivity index (χ1) is 9.90. The number of nitrogens with zero attached hydrogens (tertiary/aromatic N) is 1. The molecule has 1 saturated heterocycles. The van der Waals surface area contributed by atoms with Crippen LogP contribution in [0.15, 0.2) is 27.4 Å². The molecule has 0 spiro atoms. The summed E-state index contributed by atoms with van der Waals surface area (Å²) in [5.41, 5.74) is 7.97. The van der Waals surface area contributed by atoms with Crippen molar-refractivity contribution in [2.24, 2.45) is 12.8 Å². The second-order valence-corrected chi connectivity index (χ2v) is 7.92. The molecule has 2 N–H and O–H groups in total. The van der Waals surface area contributed by atoms with Crippen LogP contribution in [-0.2, 0) is 16.9 Å². The van der Waals surface area contributed by atoms with Gasteiger partial charge in [0.15, 0.2) is 15.4 Å². The number of hydrogen-bond acceptors (Lipinski definition) is 5. The Morgan fingerprint density at radius 3 is 2.86 bits per heavy atom. The lowest BCUT2D eigenvalue weighted by molar-refractivity contribution is 0.503. The smallest absolute Gasteiger partial charge is 0.408 e. The molecule has 0 radical (unpaired) electrons. The van der Waals surface area contributed by atoms with Gasteiger partial charge >= 0.3 is 5.76 Å². The summed E-state index contributed by atoms with van der Waals surface area (Å²) in [6.07, 6.45) is 2.17. The third-order valence-electron chi connectivity index (χ3n) is 4.23. The minimum atomic E-state index is -3.15. The third kappa shape index (κ3) is 2.40. The third-order valence-corrected chi connectivity index (χ3v) is 6.54. The zero-order valence-electron chi connectivity index (χ0n) is 11.8. The summed E-state index contributed by atoms with van der Waals surface area (Å²) in [6, 6.07) is 4.59. The zero-order valence-corrected chi connectivity index (χ0v) is 12.6. The molecular formula is C14H18N2O4S. The van der Waals surface area contributed by atoms with E-state index in [9.17, 15) is 13.2 Å². The van der Waals surface area contributed by atoms with E-state index in [1.807, 2.05) is 0 Å². The van der Waals surface area contributed by atoms with Crippen molar-refractivity contribution < 1.29 is 12.8 Å². The fourth-order valence-electron chi connectivity index (χ4n) is 2.96. The normalized spacial score (nSPS) is 23.2. The molecule has 1 aromatic heterocycles. The second-order valence-electron chi connectivity index (χ2n) is 5.58. The van der Waals surface area contributed by atoms with Gasteiger partial charge in [-0.25, -0.2) is 13.2 Å². The fourth-order valence-corrected chi connectivity index (χ4v) is 4.99. The molecule has 2 unspecified atom stereocenters. The van der Waals surface area contributed by atoms with Crippen LogP contribution in [0.25, 0.3) is 11.1 Å². The highest BCUT2D eigenvalue weighted by Crippen LogP contribution is 2.30. The molecule has 0 bridgehead atoms. The van der Waals surface area contributed by atoms with E-state index in [2.05, 4.69) is 0 Å². The van der Waals surface area contributed by atoms with Crippen LogP contribution in [0.1, 0.15) is 30.9 Å². The number of benzene rings is 1. The maximum absolute atomic E-state index is 12.2. The Morgan fingerprint density at radius 1 is 1.38 bits per heavy atom. The predicted octanol–water partition coefficient (Wildman–Crippen LogP) is 1.10. The number of rotatable bonds is 2. The van der Waals surface area contributed by atoms with Crippen LogP contribution in [0.3, 0.4) is 0 Å². The molecule has 1 aliphatic heterocycles. The van der Waals surface area contributed by atoms with E-state index < -0.39 is 26.9 Å². The minimum Gasteiger partial charge on any atom is -0.408 e. The van der Waals surface area contributed by atoms with Gasteiger partial charge in [0.05, 0.1) is 16.5 Å². The number of sulfone groups is 1. The number of nitrogens with two attached hydrogens (primary N) is 1. The van der Waals surface area contributed by atoms with Crippen LogP contribution in [0, 0.1) is 0 Å². The molecule has 2 aromatic rings. The van der Waals surface area contributed by atoms with Crippen molar-refractivity contribution in [3.63, 3.8) is 0 Å². The standard InChI is InChI=1S/C14H18N2O4S/c1-16-10-6-5-9(8-11(10)20-14(16)17)13(15)12-4-2-3-7-21(12,18)19/h5-6,8,12-13H,2-4,7,15H2,1H3. The molecule has 1 fully saturated rings. The van der Waals surface area contributed by atoms with Crippen LogP contribution in [0.2, 0.25) is 0 Å². The summed E-state index contributed by atoms with van der Waals surface area (Å²) >= 11 is 0. The van der Waals surface area contributed by atoms with Crippen molar-refractivity contribution in [2.45, 2.75) is 30.6 Å². The molecule has 114 valence electrons. The van der Waals surface area contributed by atoms with Crippen LogP contribution < -0.4 is 11.5 Å². The summed E-state index contributed by atoms with van der Waals surface area (Å²) in [5, 5.41) is -0.556. The molecule has 6 nitrogen and oxygen atoms in total. The van der Waals surface area contributed by atoms with E-state index >= 15 is 0 Å². The van der Waals surface area contributed by atoms with Gasteiger partial charge in [-0.2, -0.15) is 0 Å². The van der Waals surface area contributed by atoms with Crippen LogP contribution in [0.4, 0.5) is 0 Å². The van der Waals surface area contributed by atoms with Gasteiger partial charge in [-0.15, -0.1) is 0 Å². The van der Waals surface area contributed by atoms with Gasteiger partial charge in [0.2, 0.25) is 0 Å². The quantitative estimate of drug-likeness (QED) is 0.896. The molecule has 1 aliphatic rings.